The van der Waals surface area contributed by atoms with Crippen molar-refractivity contribution < 1.29 is 13.9 Å². The van der Waals surface area contributed by atoms with Gasteiger partial charge in [-0.3, -0.25) is 0 Å². The third kappa shape index (κ3) is 4.62. The van der Waals surface area contributed by atoms with E-state index in [1.54, 1.807) is 17.0 Å². The molecule has 0 radical (unpaired) electrons. The van der Waals surface area contributed by atoms with Crippen LogP contribution in [0.5, 0.6) is 0 Å². The molecule has 0 bridgehead atoms. The van der Waals surface area contributed by atoms with Crippen LogP contribution in [0, 0.1) is 22.6 Å². The number of benzene rings is 2. The zero-order valence-corrected chi connectivity index (χ0v) is 18.4. The van der Waals surface area contributed by atoms with E-state index in [2.05, 4.69) is 22.0 Å². The van der Waals surface area contributed by atoms with Crippen molar-refractivity contribution in [1.29, 1.82) is 5.26 Å². The van der Waals surface area contributed by atoms with Crippen LogP contribution in [0.1, 0.15) is 50.8 Å². The van der Waals surface area contributed by atoms with Crippen molar-refractivity contribution in [2.45, 2.75) is 45.3 Å². The second-order valence-corrected chi connectivity index (χ2v) is 9.13. The molecule has 3 rings (SSSR count). The van der Waals surface area contributed by atoms with E-state index in [4.69, 9.17) is 4.74 Å². The fourth-order valence-electron chi connectivity index (χ4n) is 3.88. The lowest BCUT2D eigenvalue weighted by atomic mass is 9.75. The van der Waals surface area contributed by atoms with Crippen LogP contribution in [0.4, 0.5) is 9.18 Å². The van der Waals surface area contributed by atoms with Crippen LogP contribution < -0.4 is 0 Å². The summed E-state index contributed by atoms with van der Waals surface area (Å²) in [6.07, 6.45) is 0.440. The van der Waals surface area contributed by atoms with Gasteiger partial charge in [0.2, 0.25) is 0 Å². The number of ether oxygens (including phenoxy) is 1. The molecular formula is C23H24BrFN2O2. The van der Waals surface area contributed by atoms with Gasteiger partial charge in [-0.05, 0) is 56.2 Å². The first-order chi connectivity index (χ1) is 13.7. The van der Waals surface area contributed by atoms with Crippen molar-refractivity contribution >= 4 is 22.0 Å². The maximum absolute atomic E-state index is 13.5. The molecule has 152 valence electrons. The molecule has 29 heavy (non-hydrogen) atoms. The highest BCUT2D eigenvalue weighted by Crippen LogP contribution is 2.44. The molecule has 0 aromatic heterocycles. The van der Waals surface area contributed by atoms with E-state index >= 15 is 0 Å². The van der Waals surface area contributed by atoms with Gasteiger partial charge in [0.15, 0.2) is 0 Å². The van der Waals surface area contributed by atoms with Gasteiger partial charge in [0, 0.05) is 23.9 Å². The molecule has 2 atom stereocenters. The number of nitrogens with zero attached hydrogens (tertiary/aromatic N) is 2. The van der Waals surface area contributed by atoms with E-state index in [-0.39, 0.29) is 11.9 Å². The zero-order chi connectivity index (χ0) is 21.2. The highest BCUT2D eigenvalue weighted by atomic mass is 79.9. The van der Waals surface area contributed by atoms with E-state index in [1.165, 1.54) is 12.1 Å². The van der Waals surface area contributed by atoms with E-state index in [9.17, 15) is 14.4 Å². The van der Waals surface area contributed by atoms with E-state index in [0.717, 1.165) is 10.0 Å². The van der Waals surface area contributed by atoms with Crippen LogP contribution in [-0.4, -0.2) is 17.5 Å². The molecule has 1 fully saturated rings. The quantitative estimate of drug-likeness (QED) is 0.525. The van der Waals surface area contributed by atoms with Crippen molar-refractivity contribution in [3.05, 3.63) is 69.9 Å². The highest BCUT2D eigenvalue weighted by molar-refractivity contribution is 9.10. The maximum Gasteiger partial charge on any atom is 0.411 e. The summed E-state index contributed by atoms with van der Waals surface area (Å²) in [6, 6.07) is 16.0. The van der Waals surface area contributed by atoms with Gasteiger partial charge in [0.1, 0.15) is 11.4 Å². The zero-order valence-electron chi connectivity index (χ0n) is 16.8. The smallest absolute Gasteiger partial charge is 0.411 e. The van der Waals surface area contributed by atoms with Crippen molar-refractivity contribution in [2.24, 2.45) is 5.41 Å². The number of carbonyl (C=O) groups excluding carboxylic acids is 1. The highest BCUT2D eigenvalue weighted by Gasteiger charge is 2.46. The van der Waals surface area contributed by atoms with Gasteiger partial charge >= 0.3 is 6.09 Å². The number of amides is 1. The van der Waals surface area contributed by atoms with E-state index < -0.39 is 17.1 Å². The third-order valence-corrected chi connectivity index (χ3v) is 6.02. The molecule has 0 saturated carbocycles. The van der Waals surface area contributed by atoms with Gasteiger partial charge < -0.3 is 9.64 Å². The predicted molar refractivity (Wildman–Crippen MR) is 112 cm³/mol. The SMILES string of the molecule is C[C@@H](c1ccc(Br)cc1)N1CCC(CC(C)(C)C#N)(c2ccc(F)cc2)OC1=O. The molecule has 1 amide bonds. The minimum Gasteiger partial charge on any atom is -0.438 e. The van der Waals surface area contributed by atoms with Crippen LogP contribution in [0.25, 0.3) is 0 Å². The molecule has 2 aromatic rings. The number of cyclic esters (lactones) is 1. The van der Waals surface area contributed by atoms with Crippen molar-refractivity contribution in [2.75, 3.05) is 6.54 Å². The Bertz CT molecular complexity index is 921. The Morgan fingerprint density at radius 1 is 1.24 bits per heavy atom. The summed E-state index contributed by atoms with van der Waals surface area (Å²) in [4.78, 5) is 14.7. The Hall–Kier alpha value is -2.39. The fourth-order valence-corrected chi connectivity index (χ4v) is 4.14. The maximum atomic E-state index is 13.5. The van der Waals surface area contributed by atoms with Crippen molar-refractivity contribution in [3.8, 4) is 6.07 Å². The first-order valence-electron chi connectivity index (χ1n) is 9.58. The van der Waals surface area contributed by atoms with Gasteiger partial charge in [0.25, 0.3) is 0 Å². The van der Waals surface area contributed by atoms with Crippen LogP contribution in [-0.2, 0) is 10.3 Å². The van der Waals surface area contributed by atoms with Crippen LogP contribution in [0.3, 0.4) is 0 Å². The summed E-state index contributed by atoms with van der Waals surface area (Å²) in [5.41, 5.74) is 0.0667. The minimum absolute atomic E-state index is 0.147. The molecular weight excluding hydrogens is 435 g/mol. The molecule has 1 aliphatic heterocycles. The first kappa shape index (κ1) is 21.3. The summed E-state index contributed by atoms with van der Waals surface area (Å²) in [5.74, 6) is -0.351. The molecule has 6 heteroatoms. The second kappa shape index (κ2) is 8.16. The Morgan fingerprint density at radius 2 is 1.86 bits per heavy atom. The second-order valence-electron chi connectivity index (χ2n) is 8.21. The van der Waals surface area contributed by atoms with Gasteiger partial charge in [0.05, 0.1) is 17.5 Å². The lowest BCUT2D eigenvalue weighted by Gasteiger charge is -2.45. The normalized spacial score (nSPS) is 20.7. The van der Waals surface area contributed by atoms with Gasteiger partial charge in [-0.25, -0.2) is 9.18 Å². The molecule has 0 spiro atoms. The van der Waals surface area contributed by atoms with E-state index in [0.29, 0.717) is 24.9 Å². The van der Waals surface area contributed by atoms with Crippen LogP contribution >= 0.6 is 15.9 Å². The largest absolute Gasteiger partial charge is 0.438 e. The molecule has 1 heterocycles. The molecule has 0 aliphatic carbocycles. The van der Waals surface area contributed by atoms with Crippen LogP contribution in [0.2, 0.25) is 0 Å². The lowest BCUT2D eigenvalue weighted by molar-refractivity contribution is -0.0770. The molecule has 0 N–H and O–H groups in total. The Balaban J connectivity index is 1.89. The van der Waals surface area contributed by atoms with Crippen molar-refractivity contribution in [1.82, 2.24) is 4.90 Å². The van der Waals surface area contributed by atoms with Gasteiger partial charge in [-0.15, -0.1) is 0 Å². The monoisotopic (exact) mass is 458 g/mol. The minimum atomic E-state index is -0.958. The number of halogens is 2. The lowest BCUT2D eigenvalue weighted by Crippen LogP contribution is -2.50. The van der Waals surface area contributed by atoms with Gasteiger partial charge in [-0.2, -0.15) is 5.26 Å². The summed E-state index contributed by atoms with van der Waals surface area (Å²) < 4.78 is 20.5. The standard InChI is InChI=1S/C23H24BrFN2O2/c1-16(17-4-8-19(24)9-5-17)27-13-12-23(29-21(27)28,14-22(2,3)15-26)18-6-10-20(25)11-7-18/h4-11,16H,12-14H2,1-3H3/t16-,23?/m0/s1. The average Bonchev–Trinajstić information content (AvgIpc) is 2.68. The Kier molecular flexibility index (Phi) is 6.00. The Morgan fingerprint density at radius 3 is 2.41 bits per heavy atom. The molecule has 1 saturated heterocycles. The summed E-state index contributed by atoms with van der Waals surface area (Å²) in [5, 5.41) is 9.54. The van der Waals surface area contributed by atoms with Crippen molar-refractivity contribution in [3.63, 3.8) is 0 Å². The topological polar surface area (TPSA) is 53.3 Å². The number of rotatable bonds is 5. The first-order valence-corrected chi connectivity index (χ1v) is 10.4. The summed E-state index contributed by atoms with van der Waals surface area (Å²) >= 11 is 3.42. The van der Waals surface area contributed by atoms with E-state index in [1.807, 2.05) is 45.0 Å². The molecule has 4 nitrogen and oxygen atoms in total. The summed E-state index contributed by atoms with van der Waals surface area (Å²) in [6.45, 7) is 6.09. The van der Waals surface area contributed by atoms with Crippen LogP contribution in [0.15, 0.2) is 53.0 Å². The summed E-state index contributed by atoms with van der Waals surface area (Å²) in [7, 11) is 0. The predicted octanol–water partition coefficient (Wildman–Crippen LogP) is 6.33. The molecule has 1 unspecified atom stereocenters. The number of hydrogen-bond acceptors (Lipinski definition) is 3. The number of carbonyl (C=O) groups is 1. The Labute approximate surface area is 179 Å². The molecule has 2 aromatic carbocycles. The fraction of sp³-hybridized carbons (Fsp3) is 0.391. The van der Waals surface area contributed by atoms with Gasteiger partial charge in [-0.1, -0.05) is 40.2 Å². The average molecular weight is 459 g/mol. The third-order valence-electron chi connectivity index (χ3n) is 5.49. The number of hydrogen-bond donors (Lipinski definition) is 0. The molecule has 1 aliphatic rings. The number of nitriles is 1.